The van der Waals surface area contributed by atoms with Gasteiger partial charge in [0.25, 0.3) is 5.56 Å². The predicted octanol–water partition coefficient (Wildman–Crippen LogP) is -1.30. The number of aromatic nitrogens is 6. The molecule has 1 fully saturated rings. The van der Waals surface area contributed by atoms with Crippen LogP contribution in [0.5, 0.6) is 0 Å². The maximum Gasteiger partial charge on any atom is 0.266 e. The van der Waals surface area contributed by atoms with Gasteiger partial charge in [0.05, 0.1) is 12.3 Å². The molecular weight excluding hydrogens is 344 g/mol. The summed E-state index contributed by atoms with van der Waals surface area (Å²) in [4.78, 5) is 28.0. The molecule has 0 aromatic carbocycles. The zero-order valence-electron chi connectivity index (χ0n) is 14.0. The van der Waals surface area contributed by atoms with E-state index in [9.17, 15) is 9.59 Å². The Morgan fingerprint density at radius 3 is 2.72 bits per heavy atom. The maximum atomic E-state index is 12.3. The van der Waals surface area contributed by atoms with Crippen LogP contribution in [0.2, 0.25) is 0 Å². The number of nitrogens with zero attached hydrogens (tertiary/aromatic N) is 8. The molecule has 2 aromatic heterocycles. The van der Waals surface area contributed by atoms with Crippen LogP contribution < -0.4 is 5.56 Å². The molecule has 1 saturated heterocycles. The molecule has 11 heteroatoms. The smallest absolute Gasteiger partial charge is 0.266 e. The highest BCUT2D eigenvalue weighted by molar-refractivity contribution is 7.99. The summed E-state index contributed by atoms with van der Waals surface area (Å²) in [5, 5.41) is 15.8. The van der Waals surface area contributed by atoms with Crippen molar-refractivity contribution in [1.82, 2.24) is 39.8 Å². The molecule has 0 aliphatic carbocycles. The van der Waals surface area contributed by atoms with E-state index < -0.39 is 0 Å². The van der Waals surface area contributed by atoms with E-state index in [0.717, 1.165) is 19.6 Å². The quantitative estimate of drug-likeness (QED) is 0.583. The summed E-state index contributed by atoms with van der Waals surface area (Å²) in [6.45, 7) is 4.27. The van der Waals surface area contributed by atoms with Gasteiger partial charge in [0.15, 0.2) is 0 Å². The summed E-state index contributed by atoms with van der Waals surface area (Å²) in [5.41, 5.74) is -0.0911. The Balaban J connectivity index is 1.41. The average molecular weight is 364 g/mol. The molecule has 1 aliphatic rings. The van der Waals surface area contributed by atoms with Crippen LogP contribution in [0, 0.1) is 0 Å². The molecule has 25 heavy (non-hydrogen) atoms. The van der Waals surface area contributed by atoms with Gasteiger partial charge in [-0.15, -0.1) is 5.10 Å². The van der Waals surface area contributed by atoms with Crippen LogP contribution in [-0.4, -0.2) is 84.2 Å². The fourth-order valence-corrected chi connectivity index (χ4v) is 3.33. The van der Waals surface area contributed by atoms with Gasteiger partial charge < -0.3 is 4.90 Å². The molecule has 0 unspecified atom stereocenters. The van der Waals surface area contributed by atoms with Crippen LogP contribution >= 0.6 is 11.8 Å². The second kappa shape index (κ2) is 8.21. The van der Waals surface area contributed by atoms with E-state index in [1.165, 1.54) is 22.5 Å². The second-order valence-electron chi connectivity index (χ2n) is 5.68. The van der Waals surface area contributed by atoms with Crippen molar-refractivity contribution in [1.29, 1.82) is 0 Å². The molecule has 0 N–H and O–H groups in total. The van der Waals surface area contributed by atoms with Gasteiger partial charge in [-0.2, -0.15) is 5.10 Å². The zero-order valence-corrected chi connectivity index (χ0v) is 14.8. The van der Waals surface area contributed by atoms with Gasteiger partial charge in [-0.05, 0) is 16.5 Å². The molecule has 3 heterocycles. The van der Waals surface area contributed by atoms with E-state index in [1.807, 2.05) is 4.90 Å². The van der Waals surface area contributed by atoms with Gasteiger partial charge >= 0.3 is 0 Å². The predicted molar refractivity (Wildman–Crippen MR) is 91.0 cm³/mol. The van der Waals surface area contributed by atoms with Crippen molar-refractivity contribution in [3.05, 3.63) is 28.7 Å². The lowest BCUT2D eigenvalue weighted by Crippen LogP contribution is -2.50. The van der Waals surface area contributed by atoms with Crippen LogP contribution in [0.3, 0.4) is 0 Å². The van der Waals surface area contributed by atoms with E-state index in [1.54, 1.807) is 24.0 Å². The summed E-state index contributed by atoms with van der Waals surface area (Å²) in [7, 11) is 1.75. The number of thioether (sulfide) groups is 1. The molecule has 134 valence electrons. The fraction of sp³-hybridized carbons (Fsp3) is 0.571. The average Bonchev–Trinajstić information content (AvgIpc) is 3.04. The first-order chi connectivity index (χ1) is 12.1. The third-order valence-corrected chi connectivity index (χ3v) is 5.04. The molecule has 10 nitrogen and oxygen atoms in total. The molecule has 0 radical (unpaired) electrons. The molecule has 0 saturated carbocycles. The van der Waals surface area contributed by atoms with Crippen LogP contribution in [0.1, 0.15) is 0 Å². The lowest BCUT2D eigenvalue weighted by molar-refractivity contribution is -0.130. The number of hydrogen-bond acceptors (Lipinski definition) is 8. The number of amides is 1. The van der Waals surface area contributed by atoms with Crippen molar-refractivity contribution >= 4 is 17.7 Å². The third-order valence-electron chi connectivity index (χ3n) is 4.04. The SMILES string of the molecule is Cn1nnnc1SCC(=O)N1CCN(CCn2ncccc2=O)CC1. The van der Waals surface area contributed by atoms with Gasteiger partial charge in [0.2, 0.25) is 11.1 Å². The van der Waals surface area contributed by atoms with Crippen molar-refractivity contribution in [2.75, 3.05) is 38.5 Å². The Bertz CT molecular complexity index is 768. The van der Waals surface area contributed by atoms with Crippen LogP contribution in [0.25, 0.3) is 0 Å². The lowest BCUT2D eigenvalue weighted by atomic mass is 10.3. The highest BCUT2D eigenvalue weighted by atomic mass is 32.2. The van der Waals surface area contributed by atoms with Crippen molar-refractivity contribution in [3.8, 4) is 0 Å². The highest BCUT2D eigenvalue weighted by Gasteiger charge is 2.21. The lowest BCUT2D eigenvalue weighted by Gasteiger charge is -2.34. The molecular formula is C14H20N8O2S. The number of hydrogen-bond donors (Lipinski definition) is 0. The molecule has 2 aromatic rings. The Morgan fingerprint density at radius 1 is 1.24 bits per heavy atom. The molecule has 1 aliphatic heterocycles. The van der Waals surface area contributed by atoms with E-state index in [-0.39, 0.29) is 11.5 Å². The number of carbonyl (C=O) groups excluding carboxylic acids is 1. The van der Waals surface area contributed by atoms with Crippen LogP contribution in [0.15, 0.2) is 28.3 Å². The Labute approximate surface area is 148 Å². The first-order valence-electron chi connectivity index (χ1n) is 8.01. The molecule has 0 bridgehead atoms. The van der Waals surface area contributed by atoms with E-state index in [2.05, 4.69) is 25.5 Å². The fourth-order valence-electron chi connectivity index (χ4n) is 2.57. The Hall–Kier alpha value is -2.27. The number of piperazine rings is 1. The first-order valence-corrected chi connectivity index (χ1v) is 8.99. The summed E-state index contributed by atoms with van der Waals surface area (Å²) in [6.07, 6.45) is 1.61. The van der Waals surface area contributed by atoms with Gasteiger partial charge in [-0.3, -0.25) is 14.5 Å². The minimum Gasteiger partial charge on any atom is -0.339 e. The topological polar surface area (TPSA) is 102 Å². The maximum absolute atomic E-state index is 12.3. The number of aryl methyl sites for hydroxylation is 1. The third kappa shape index (κ3) is 4.63. The molecule has 0 spiro atoms. The highest BCUT2D eigenvalue weighted by Crippen LogP contribution is 2.14. The standard InChI is InChI=1S/C14H20N8O2S/c1-19-14(16-17-18-19)25-11-13(24)21-8-5-20(6-9-21)7-10-22-12(23)3-2-4-15-22/h2-4H,5-11H2,1H3. The van der Waals surface area contributed by atoms with Crippen LogP contribution in [-0.2, 0) is 18.4 Å². The Kier molecular flexibility index (Phi) is 5.76. The van der Waals surface area contributed by atoms with Crippen molar-refractivity contribution in [2.24, 2.45) is 7.05 Å². The van der Waals surface area contributed by atoms with Crippen LogP contribution in [0.4, 0.5) is 0 Å². The molecule has 3 rings (SSSR count). The van der Waals surface area contributed by atoms with Gasteiger partial charge in [0.1, 0.15) is 0 Å². The first kappa shape index (κ1) is 17.5. The van der Waals surface area contributed by atoms with Gasteiger partial charge in [-0.1, -0.05) is 11.8 Å². The minimum absolute atomic E-state index is 0.0911. The van der Waals surface area contributed by atoms with Crippen molar-refractivity contribution in [3.63, 3.8) is 0 Å². The Morgan fingerprint density at radius 2 is 2.04 bits per heavy atom. The normalized spacial score (nSPS) is 15.5. The van der Waals surface area contributed by atoms with E-state index in [4.69, 9.17) is 0 Å². The number of tetrazole rings is 1. The van der Waals surface area contributed by atoms with E-state index in [0.29, 0.717) is 30.5 Å². The monoisotopic (exact) mass is 364 g/mol. The largest absolute Gasteiger partial charge is 0.339 e. The summed E-state index contributed by atoms with van der Waals surface area (Å²) in [5.74, 6) is 0.422. The van der Waals surface area contributed by atoms with Crippen molar-refractivity contribution in [2.45, 2.75) is 11.7 Å². The summed E-state index contributed by atoms with van der Waals surface area (Å²) < 4.78 is 3.01. The zero-order chi connectivity index (χ0) is 17.6. The van der Waals surface area contributed by atoms with Gasteiger partial charge in [-0.25, -0.2) is 9.36 Å². The molecule has 0 atom stereocenters. The molecule has 1 amide bonds. The minimum atomic E-state index is -0.0911. The van der Waals surface area contributed by atoms with Crippen molar-refractivity contribution < 1.29 is 4.79 Å². The number of rotatable bonds is 6. The number of carbonyl (C=O) groups is 1. The summed E-state index contributed by atoms with van der Waals surface area (Å²) >= 11 is 1.34. The second-order valence-corrected chi connectivity index (χ2v) is 6.62. The summed E-state index contributed by atoms with van der Waals surface area (Å²) in [6, 6.07) is 3.15. The van der Waals surface area contributed by atoms with Gasteiger partial charge in [0, 0.05) is 52.0 Å². The van der Waals surface area contributed by atoms with E-state index >= 15 is 0 Å².